The standard InChI is InChI=1S/C39H27Br2F3N4O4/c40-28-17-7-9-19-30(28)45-37(51)47(32-21-11-16-27(35(32)49)39(42,43)44)48(38(52)46-31-20-10-8-18-29(31)41)33-23-22-26(24-12-3-1-4-13-24)34(36(33)50)25-14-5-2-6-15-25/h1-23,49-50H,(H,45,51)(H,46,52). The van der Waals surface area contributed by atoms with Crippen LogP contribution in [0, 0.1) is 0 Å². The average molecular weight is 832 g/mol. The van der Waals surface area contributed by atoms with Gasteiger partial charge in [0.15, 0.2) is 5.75 Å². The molecule has 0 saturated carbocycles. The van der Waals surface area contributed by atoms with Crippen molar-refractivity contribution in [2.24, 2.45) is 0 Å². The molecule has 0 spiro atoms. The van der Waals surface area contributed by atoms with Gasteiger partial charge in [-0.25, -0.2) is 9.59 Å². The lowest BCUT2D eigenvalue weighted by atomic mass is 9.93. The second-order valence-corrected chi connectivity index (χ2v) is 12.9. The van der Waals surface area contributed by atoms with Gasteiger partial charge in [0.2, 0.25) is 0 Å². The van der Waals surface area contributed by atoms with E-state index in [1.54, 1.807) is 78.9 Å². The summed E-state index contributed by atoms with van der Waals surface area (Å²) in [5.41, 5.74) is 0.0432. The van der Waals surface area contributed by atoms with Gasteiger partial charge in [0.05, 0.1) is 16.9 Å². The summed E-state index contributed by atoms with van der Waals surface area (Å²) in [6.07, 6.45) is -5.04. The highest BCUT2D eigenvalue weighted by molar-refractivity contribution is 9.11. The number of nitrogens with one attached hydrogen (secondary N) is 2. The minimum absolute atomic E-state index is 0.198. The third-order valence-corrected chi connectivity index (χ3v) is 9.28. The van der Waals surface area contributed by atoms with Gasteiger partial charge < -0.3 is 20.8 Å². The Morgan fingerprint density at radius 3 is 1.50 bits per heavy atom. The first-order valence-electron chi connectivity index (χ1n) is 15.5. The number of carbonyl (C=O) groups is 2. The van der Waals surface area contributed by atoms with Crippen LogP contribution in [0.2, 0.25) is 0 Å². The zero-order valence-electron chi connectivity index (χ0n) is 26.8. The number of carbonyl (C=O) groups excluding carboxylic acids is 2. The predicted molar refractivity (Wildman–Crippen MR) is 203 cm³/mol. The molecule has 8 nitrogen and oxygen atoms in total. The van der Waals surface area contributed by atoms with E-state index in [9.17, 15) is 33.0 Å². The fraction of sp³-hybridized carbons (Fsp3) is 0.0256. The molecule has 13 heteroatoms. The second-order valence-electron chi connectivity index (χ2n) is 11.2. The van der Waals surface area contributed by atoms with Crippen LogP contribution in [0.5, 0.6) is 11.5 Å². The largest absolute Gasteiger partial charge is 0.505 e. The van der Waals surface area contributed by atoms with E-state index in [4.69, 9.17) is 0 Å². The number of anilines is 4. The van der Waals surface area contributed by atoms with Crippen molar-refractivity contribution in [2.45, 2.75) is 6.18 Å². The highest BCUT2D eigenvalue weighted by Crippen LogP contribution is 2.47. The zero-order chi connectivity index (χ0) is 37.0. The maximum Gasteiger partial charge on any atom is 0.420 e. The van der Waals surface area contributed by atoms with Crippen LogP contribution >= 0.6 is 31.9 Å². The van der Waals surface area contributed by atoms with E-state index in [1.807, 2.05) is 30.3 Å². The molecule has 0 saturated heterocycles. The molecule has 4 amide bonds. The molecular weight excluding hydrogens is 805 g/mol. The van der Waals surface area contributed by atoms with Gasteiger partial charge in [0, 0.05) is 14.5 Å². The fourth-order valence-electron chi connectivity index (χ4n) is 5.51. The first kappa shape index (κ1) is 36.0. The topological polar surface area (TPSA) is 105 Å². The van der Waals surface area contributed by atoms with Gasteiger partial charge in [-0.2, -0.15) is 23.2 Å². The van der Waals surface area contributed by atoms with Crippen molar-refractivity contribution >= 4 is 66.7 Å². The Labute approximate surface area is 313 Å². The molecule has 4 N–H and O–H groups in total. The molecule has 0 atom stereocenters. The summed E-state index contributed by atoms with van der Waals surface area (Å²) in [5.74, 6) is -1.82. The molecular formula is C39H27Br2F3N4O4. The summed E-state index contributed by atoms with van der Waals surface area (Å²) in [6, 6.07) is 34.4. The van der Waals surface area contributed by atoms with Gasteiger partial charge in [-0.3, -0.25) is 0 Å². The van der Waals surface area contributed by atoms with Crippen molar-refractivity contribution in [3.63, 3.8) is 0 Å². The van der Waals surface area contributed by atoms with Crippen molar-refractivity contribution in [1.29, 1.82) is 0 Å². The smallest absolute Gasteiger partial charge is 0.420 e. The van der Waals surface area contributed by atoms with Gasteiger partial charge in [-0.15, -0.1) is 0 Å². The molecule has 6 rings (SSSR count). The number of nitrogens with zero attached hydrogens (tertiary/aromatic N) is 2. The predicted octanol–water partition coefficient (Wildman–Crippen LogP) is 11.7. The lowest BCUT2D eigenvalue weighted by Gasteiger charge is -2.36. The summed E-state index contributed by atoms with van der Waals surface area (Å²) in [4.78, 5) is 29.1. The van der Waals surface area contributed by atoms with Crippen LogP contribution in [0.4, 0.5) is 45.5 Å². The number of phenols is 2. The molecule has 52 heavy (non-hydrogen) atoms. The number of rotatable bonds is 6. The number of hydrogen-bond donors (Lipinski definition) is 4. The number of para-hydroxylation sites is 3. The van der Waals surface area contributed by atoms with Crippen LogP contribution in [-0.2, 0) is 6.18 Å². The quantitative estimate of drug-likeness (QED) is 0.125. The van der Waals surface area contributed by atoms with Crippen LogP contribution in [0.15, 0.2) is 148 Å². The highest BCUT2D eigenvalue weighted by Gasteiger charge is 2.40. The molecule has 6 aromatic carbocycles. The fourth-order valence-corrected chi connectivity index (χ4v) is 6.28. The number of alkyl halides is 3. The summed E-state index contributed by atoms with van der Waals surface area (Å²) in [7, 11) is 0. The Morgan fingerprint density at radius 2 is 1.00 bits per heavy atom. The van der Waals surface area contributed by atoms with Gasteiger partial charge >= 0.3 is 18.2 Å². The van der Waals surface area contributed by atoms with Crippen molar-refractivity contribution in [3.05, 3.63) is 154 Å². The van der Waals surface area contributed by atoms with E-state index in [0.717, 1.165) is 12.1 Å². The van der Waals surface area contributed by atoms with Crippen molar-refractivity contribution in [1.82, 2.24) is 0 Å². The van der Waals surface area contributed by atoms with Crippen molar-refractivity contribution in [3.8, 4) is 33.8 Å². The maximum atomic E-state index is 14.6. The molecule has 0 aromatic heterocycles. The third-order valence-electron chi connectivity index (χ3n) is 7.90. The van der Waals surface area contributed by atoms with Crippen LogP contribution in [0.1, 0.15) is 5.56 Å². The Hall–Kier alpha value is -5.79. The SMILES string of the molecule is O=C(Nc1ccccc1Br)N(c1cccc(C(F)(F)F)c1O)N(C(=O)Nc1ccccc1Br)c1ccc(-c2ccccc2)c(-c2ccccc2)c1O. The molecule has 0 heterocycles. The molecule has 6 aromatic rings. The number of aromatic hydroxyl groups is 2. The number of amides is 4. The van der Waals surface area contributed by atoms with Crippen LogP contribution in [0.3, 0.4) is 0 Å². The number of hydrogen-bond acceptors (Lipinski definition) is 4. The lowest BCUT2D eigenvalue weighted by Crippen LogP contribution is -2.54. The number of hydrazine groups is 1. The Kier molecular flexibility index (Phi) is 10.5. The summed E-state index contributed by atoms with van der Waals surface area (Å²) in [6.45, 7) is 0. The normalized spacial score (nSPS) is 11.1. The van der Waals surface area contributed by atoms with Crippen LogP contribution in [0.25, 0.3) is 22.3 Å². The Bertz CT molecular complexity index is 2260. The highest BCUT2D eigenvalue weighted by atomic mass is 79.9. The van der Waals surface area contributed by atoms with Crippen LogP contribution in [-0.4, -0.2) is 22.3 Å². The van der Waals surface area contributed by atoms with E-state index in [0.29, 0.717) is 41.7 Å². The van der Waals surface area contributed by atoms with E-state index in [2.05, 4.69) is 42.5 Å². The summed E-state index contributed by atoms with van der Waals surface area (Å²) >= 11 is 6.74. The van der Waals surface area contributed by atoms with E-state index in [1.165, 1.54) is 12.1 Å². The van der Waals surface area contributed by atoms with Crippen LogP contribution < -0.4 is 20.7 Å². The third kappa shape index (κ3) is 7.46. The minimum atomic E-state index is -5.04. The molecule has 0 unspecified atom stereocenters. The maximum absolute atomic E-state index is 14.6. The Balaban J connectivity index is 1.64. The zero-order valence-corrected chi connectivity index (χ0v) is 29.9. The number of halogens is 5. The molecule has 0 radical (unpaired) electrons. The van der Waals surface area contributed by atoms with Crippen molar-refractivity contribution < 1.29 is 33.0 Å². The molecule has 0 aliphatic heterocycles. The Morgan fingerprint density at radius 1 is 0.538 bits per heavy atom. The van der Waals surface area contributed by atoms with Gasteiger partial charge in [0.1, 0.15) is 17.1 Å². The van der Waals surface area contributed by atoms with Crippen molar-refractivity contribution in [2.75, 3.05) is 20.7 Å². The number of phenolic OH excluding ortho intramolecular Hbond substituents is 2. The van der Waals surface area contributed by atoms with Gasteiger partial charge in [-0.1, -0.05) is 97.1 Å². The lowest BCUT2D eigenvalue weighted by molar-refractivity contribution is -0.138. The van der Waals surface area contributed by atoms with E-state index < -0.39 is 41.0 Å². The van der Waals surface area contributed by atoms with Gasteiger partial charge in [-0.05, 0) is 91.0 Å². The monoisotopic (exact) mass is 830 g/mol. The van der Waals surface area contributed by atoms with Gasteiger partial charge in [0.25, 0.3) is 0 Å². The number of benzene rings is 6. The molecule has 0 aliphatic carbocycles. The number of urea groups is 2. The molecule has 0 aliphatic rings. The molecule has 0 fully saturated rings. The first-order valence-corrected chi connectivity index (χ1v) is 17.1. The second kappa shape index (κ2) is 15.2. The molecule has 0 bridgehead atoms. The minimum Gasteiger partial charge on any atom is -0.505 e. The average Bonchev–Trinajstić information content (AvgIpc) is 3.13. The van der Waals surface area contributed by atoms with E-state index >= 15 is 0 Å². The summed E-state index contributed by atoms with van der Waals surface area (Å²) in [5, 5.41) is 30.0. The molecule has 262 valence electrons. The summed E-state index contributed by atoms with van der Waals surface area (Å²) < 4.78 is 43.4. The van der Waals surface area contributed by atoms with E-state index in [-0.39, 0.29) is 22.6 Å². The first-order chi connectivity index (χ1) is 25.0.